The van der Waals surface area contributed by atoms with Gasteiger partial charge >= 0.3 is 0 Å². The van der Waals surface area contributed by atoms with Gasteiger partial charge in [0.15, 0.2) is 0 Å². The minimum atomic E-state index is -0.232. The molecule has 0 unspecified atom stereocenters. The van der Waals surface area contributed by atoms with Crippen LogP contribution in [0.2, 0.25) is 0 Å². The topological polar surface area (TPSA) is 77.2 Å². The van der Waals surface area contributed by atoms with Crippen molar-refractivity contribution in [3.05, 3.63) is 44.3 Å². The Morgan fingerprint density at radius 2 is 2.33 bits per heavy atom. The number of nitrogens with one attached hydrogen (secondary N) is 1. The summed E-state index contributed by atoms with van der Waals surface area (Å²) >= 11 is 4.90. The first kappa shape index (κ1) is 16.1. The third-order valence-electron chi connectivity index (χ3n) is 2.80. The maximum Gasteiger partial charge on any atom is 0.275 e. The van der Waals surface area contributed by atoms with Crippen LogP contribution >= 0.6 is 27.3 Å². The van der Waals surface area contributed by atoms with E-state index in [2.05, 4.69) is 26.2 Å². The Morgan fingerprint density at radius 1 is 1.52 bits per heavy atom. The first-order valence-electron chi connectivity index (χ1n) is 6.38. The SMILES string of the molecule is COCc1c(Br)cccc1NC(=O)c1csc(CCN)n1. The molecule has 3 N–H and O–H groups in total. The van der Waals surface area contributed by atoms with Gasteiger partial charge in [-0.1, -0.05) is 22.0 Å². The van der Waals surface area contributed by atoms with Crippen LogP contribution in [0.4, 0.5) is 5.69 Å². The number of nitrogens with two attached hydrogens (primary N) is 1. The molecule has 5 nitrogen and oxygen atoms in total. The Bertz CT molecular complexity index is 630. The Balaban J connectivity index is 2.17. The Hall–Kier alpha value is -1.28. The zero-order valence-electron chi connectivity index (χ0n) is 11.6. The van der Waals surface area contributed by atoms with Crippen molar-refractivity contribution < 1.29 is 9.53 Å². The van der Waals surface area contributed by atoms with E-state index in [1.807, 2.05) is 18.2 Å². The number of aromatic nitrogens is 1. The van der Waals surface area contributed by atoms with Crippen LogP contribution in [-0.2, 0) is 17.8 Å². The number of amides is 1. The molecule has 7 heteroatoms. The lowest BCUT2D eigenvalue weighted by molar-refractivity contribution is 0.102. The number of carbonyl (C=O) groups is 1. The molecular weight excluding hydrogens is 354 g/mol. The first-order chi connectivity index (χ1) is 10.2. The van der Waals surface area contributed by atoms with Crippen molar-refractivity contribution in [2.75, 3.05) is 19.0 Å². The summed E-state index contributed by atoms with van der Waals surface area (Å²) in [5.74, 6) is -0.232. The third-order valence-corrected chi connectivity index (χ3v) is 4.45. The average Bonchev–Trinajstić information content (AvgIpc) is 2.92. The molecule has 0 spiro atoms. The molecule has 1 amide bonds. The number of rotatable bonds is 6. The van der Waals surface area contributed by atoms with Crippen LogP contribution in [0, 0.1) is 0 Å². The number of carbonyl (C=O) groups excluding carboxylic acids is 1. The van der Waals surface area contributed by atoms with E-state index in [9.17, 15) is 4.79 Å². The van der Waals surface area contributed by atoms with Crippen LogP contribution < -0.4 is 11.1 Å². The van der Waals surface area contributed by atoms with Crippen molar-refractivity contribution >= 4 is 38.9 Å². The maximum atomic E-state index is 12.2. The molecule has 0 aliphatic carbocycles. The Kier molecular flexibility index (Phi) is 5.86. The van der Waals surface area contributed by atoms with Crippen LogP contribution in [0.25, 0.3) is 0 Å². The van der Waals surface area contributed by atoms with Gasteiger partial charge in [0, 0.05) is 34.6 Å². The van der Waals surface area contributed by atoms with Gasteiger partial charge in [-0.2, -0.15) is 0 Å². The zero-order chi connectivity index (χ0) is 15.2. The van der Waals surface area contributed by atoms with Crippen LogP contribution in [0.3, 0.4) is 0 Å². The summed E-state index contributed by atoms with van der Waals surface area (Å²) in [5.41, 5.74) is 7.50. The summed E-state index contributed by atoms with van der Waals surface area (Å²) in [6, 6.07) is 5.61. The van der Waals surface area contributed by atoms with E-state index in [0.29, 0.717) is 31.0 Å². The second-order valence-electron chi connectivity index (χ2n) is 4.32. The molecule has 0 fully saturated rings. The molecular formula is C14H16BrN3O2S. The van der Waals surface area contributed by atoms with Crippen molar-refractivity contribution in [1.29, 1.82) is 0 Å². The summed E-state index contributed by atoms with van der Waals surface area (Å²) < 4.78 is 6.06. The highest BCUT2D eigenvalue weighted by Crippen LogP contribution is 2.26. The van der Waals surface area contributed by atoms with Gasteiger partial charge < -0.3 is 15.8 Å². The highest BCUT2D eigenvalue weighted by atomic mass is 79.9. The van der Waals surface area contributed by atoms with Crippen molar-refractivity contribution in [3.8, 4) is 0 Å². The molecule has 2 aromatic rings. The quantitative estimate of drug-likeness (QED) is 0.820. The Morgan fingerprint density at radius 3 is 3.05 bits per heavy atom. The van der Waals surface area contributed by atoms with E-state index in [0.717, 1.165) is 15.0 Å². The molecule has 0 saturated heterocycles. The van der Waals surface area contributed by atoms with Gasteiger partial charge in [0.05, 0.1) is 11.6 Å². The van der Waals surface area contributed by atoms with E-state index in [4.69, 9.17) is 10.5 Å². The van der Waals surface area contributed by atoms with Gasteiger partial charge in [-0.25, -0.2) is 4.98 Å². The van der Waals surface area contributed by atoms with Crippen molar-refractivity contribution in [3.63, 3.8) is 0 Å². The molecule has 0 bridgehead atoms. The minimum Gasteiger partial charge on any atom is -0.380 e. The molecule has 0 radical (unpaired) electrons. The predicted octanol–water partition coefficient (Wildman–Crippen LogP) is 2.81. The van der Waals surface area contributed by atoms with E-state index < -0.39 is 0 Å². The normalized spacial score (nSPS) is 10.6. The van der Waals surface area contributed by atoms with Crippen LogP contribution in [0.15, 0.2) is 28.1 Å². The largest absolute Gasteiger partial charge is 0.380 e. The first-order valence-corrected chi connectivity index (χ1v) is 8.05. The number of methoxy groups -OCH3 is 1. The smallest absolute Gasteiger partial charge is 0.275 e. The minimum absolute atomic E-state index is 0.232. The number of nitrogens with zero attached hydrogens (tertiary/aromatic N) is 1. The summed E-state index contributed by atoms with van der Waals surface area (Å²) in [6.07, 6.45) is 0.684. The fraction of sp³-hybridized carbons (Fsp3) is 0.286. The van der Waals surface area contributed by atoms with Gasteiger partial charge in [0.2, 0.25) is 0 Å². The fourth-order valence-corrected chi connectivity index (χ4v) is 3.08. The summed E-state index contributed by atoms with van der Waals surface area (Å²) in [7, 11) is 1.62. The monoisotopic (exact) mass is 369 g/mol. The van der Waals surface area contributed by atoms with Crippen molar-refractivity contribution in [2.24, 2.45) is 5.73 Å². The van der Waals surface area contributed by atoms with Crippen LogP contribution in [-0.4, -0.2) is 24.5 Å². The number of hydrogen-bond donors (Lipinski definition) is 2. The lowest BCUT2D eigenvalue weighted by Gasteiger charge is -2.11. The van der Waals surface area contributed by atoms with Gasteiger partial charge in [0.1, 0.15) is 5.69 Å². The predicted molar refractivity (Wildman–Crippen MR) is 87.7 cm³/mol. The number of thiazole rings is 1. The number of anilines is 1. The lowest BCUT2D eigenvalue weighted by Crippen LogP contribution is -2.14. The molecule has 1 heterocycles. The van der Waals surface area contributed by atoms with Crippen molar-refractivity contribution in [2.45, 2.75) is 13.0 Å². The molecule has 1 aromatic heterocycles. The lowest BCUT2D eigenvalue weighted by atomic mass is 10.2. The second kappa shape index (κ2) is 7.65. The molecule has 0 atom stereocenters. The molecule has 0 aliphatic rings. The van der Waals surface area contributed by atoms with Gasteiger partial charge in [0.25, 0.3) is 5.91 Å². The maximum absolute atomic E-state index is 12.2. The van der Waals surface area contributed by atoms with E-state index in [-0.39, 0.29) is 5.91 Å². The second-order valence-corrected chi connectivity index (χ2v) is 6.12. The highest BCUT2D eigenvalue weighted by molar-refractivity contribution is 9.10. The number of benzene rings is 1. The zero-order valence-corrected chi connectivity index (χ0v) is 14.0. The number of hydrogen-bond acceptors (Lipinski definition) is 5. The number of ether oxygens (including phenoxy) is 1. The standard InChI is InChI=1S/C14H16BrN3O2S/c1-20-7-9-10(15)3-2-4-11(9)18-14(19)12-8-21-13(17-12)5-6-16/h2-4,8H,5-7,16H2,1H3,(H,18,19). The highest BCUT2D eigenvalue weighted by Gasteiger charge is 2.14. The molecule has 1 aromatic carbocycles. The molecule has 112 valence electrons. The molecule has 21 heavy (non-hydrogen) atoms. The average molecular weight is 370 g/mol. The van der Waals surface area contributed by atoms with Gasteiger partial charge in [-0.15, -0.1) is 11.3 Å². The fourth-order valence-electron chi connectivity index (χ4n) is 1.81. The summed E-state index contributed by atoms with van der Waals surface area (Å²) in [4.78, 5) is 16.5. The van der Waals surface area contributed by atoms with Crippen LogP contribution in [0.1, 0.15) is 21.1 Å². The van der Waals surface area contributed by atoms with Crippen LogP contribution in [0.5, 0.6) is 0 Å². The third kappa shape index (κ3) is 4.10. The van der Waals surface area contributed by atoms with Gasteiger partial charge in [-0.3, -0.25) is 4.79 Å². The van der Waals surface area contributed by atoms with E-state index in [1.165, 1.54) is 11.3 Å². The van der Waals surface area contributed by atoms with Crippen molar-refractivity contribution in [1.82, 2.24) is 4.98 Å². The van der Waals surface area contributed by atoms with Gasteiger partial charge in [-0.05, 0) is 18.7 Å². The molecule has 0 saturated carbocycles. The Labute approximate surface area is 135 Å². The van der Waals surface area contributed by atoms with E-state index >= 15 is 0 Å². The van der Waals surface area contributed by atoms with E-state index in [1.54, 1.807) is 12.5 Å². The summed E-state index contributed by atoms with van der Waals surface area (Å²) in [6.45, 7) is 0.935. The molecule has 0 aliphatic heterocycles. The molecule has 2 rings (SSSR count). The summed E-state index contributed by atoms with van der Waals surface area (Å²) in [5, 5.41) is 5.49. The number of halogens is 1.